The van der Waals surface area contributed by atoms with Crippen molar-refractivity contribution >= 4 is 5.91 Å². The molecule has 27 heavy (non-hydrogen) atoms. The molecule has 0 radical (unpaired) electrons. The third-order valence-corrected chi connectivity index (χ3v) is 6.56. The quantitative estimate of drug-likeness (QED) is 0.672. The molecular formula is C21H33N3O3. The van der Waals surface area contributed by atoms with E-state index in [9.17, 15) is 4.79 Å². The van der Waals surface area contributed by atoms with Crippen molar-refractivity contribution in [3.8, 4) is 0 Å². The number of amides is 1. The fourth-order valence-electron chi connectivity index (χ4n) is 4.97. The van der Waals surface area contributed by atoms with E-state index in [1.165, 1.54) is 44.9 Å². The zero-order chi connectivity index (χ0) is 18.5. The number of rotatable bonds is 7. The molecule has 1 aliphatic heterocycles. The van der Waals surface area contributed by atoms with Gasteiger partial charge in [-0.3, -0.25) is 4.79 Å². The Morgan fingerprint density at radius 2 is 1.81 bits per heavy atom. The highest BCUT2D eigenvalue weighted by Crippen LogP contribution is 2.35. The lowest BCUT2D eigenvalue weighted by atomic mass is 9.88. The summed E-state index contributed by atoms with van der Waals surface area (Å²) in [6.45, 7) is 2.32. The average molecular weight is 376 g/mol. The highest BCUT2D eigenvalue weighted by Gasteiger charge is 2.37. The molecule has 1 atom stereocenters. The molecule has 0 aromatic carbocycles. The van der Waals surface area contributed by atoms with Gasteiger partial charge in [0.1, 0.15) is 6.04 Å². The van der Waals surface area contributed by atoms with E-state index in [2.05, 4.69) is 10.1 Å². The second kappa shape index (κ2) is 9.18. The summed E-state index contributed by atoms with van der Waals surface area (Å²) in [5.41, 5.74) is 0. The molecule has 1 amide bonds. The Morgan fingerprint density at radius 3 is 2.63 bits per heavy atom. The second-order valence-electron chi connectivity index (χ2n) is 8.55. The molecule has 2 saturated carbocycles. The molecule has 1 saturated heterocycles. The lowest BCUT2D eigenvalue weighted by molar-refractivity contribution is -0.138. The molecule has 0 bridgehead atoms. The maximum atomic E-state index is 12.9. The van der Waals surface area contributed by atoms with Gasteiger partial charge in [-0.1, -0.05) is 37.3 Å². The maximum absolute atomic E-state index is 12.9. The fraction of sp³-hybridized carbons (Fsp3) is 0.857. The monoisotopic (exact) mass is 375 g/mol. The van der Waals surface area contributed by atoms with E-state index < -0.39 is 0 Å². The minimum Gasteiger partial charge on any atom is -0.381 e. The Kier molecular flexibility index (Phi) is 6.43. The van der Waals surface area contributed by atoms with Crippen LogP contribution in [-0.4, -0.2) is 40.7 Å². The van der Waals surface area contributed by atoms with Crippen LogP contribution in [0.4, 0.5) is 0 Å². The van der Waals surface area contributed by atoms with E-state index in [1.807, 2.05) is 4.90 Å². The van der Waals surface area contributed by atoms with Crippen LogP contribution in [0.25, 0.3) is 0 Å². The number of likely N-dealkylation sites (tertiary alicyclic amines) is 1. The summed E-state index contributed by atoms with van der Waals surface area (Å²) >= 11 is 0. The first-order valence-corrected chi connectivity index (χ1v) is 11.0. The van der Waals surface area contributed by atoms with Crippen LogP contribution in [0.2, 0.25) is 0 Å². The van der Waals surface area contributed by atoms with Gasteiger partial charge in [-0.05, 0) is 44.4 Å². The van der Waals surface area contributed by atoms with E-state index in [0.29, 0.717) is 30.7 Å². The molecule has 150 valence electrons. The predicted molar refractivity (Wildman–Crippen MR) is 101 cm³/mol. The van der Waals surface area contributed by atoms with Crippen molar-refractivity contribution in [3.63, 3.8) is 0 Å². The van der Waals surface area contributed by atoms with Gasteiger partial charge in [-0.15, -0.1) is 0 Å². The zero-order valence-electron chi connectivity index (χ0n) is 16.4. The van der Waals surface area contributed by atoms with Gasteiger partial charge in [0.05, 0.1) is 6.61 Å². The molecule has 4 rings (SSSR count). The zero-order valence-corrected chi connectivity index (χ0v) is 16.4. The van der Waals surface area contributed by atoms with E-state index in [0.717, 1.165) is 44.8 Å². The Hall–Kier alpha value is -1.43. The normalized spacial score (nSPS) is 24.7. The van der Waals surface area contributed by atoms with Crippen LogP contribution < -0.4 is 0 Å². The lowest BCUT2D eigenvalue weighted by Crippen LogP contribution is -2.36. The Labute approximate surface area is 162 Å². The molecule has 0 N–H and O–H groups in total. The molecule has 2 heterocycles. The van der Waals surface area contributed by atoms with Gasteiger partial charge >= 0.3 is 0 Å². The smallest absolute Gasteiger partial charge is 0.249 e. The highest BCUT2D eigenvalue weighted by atomic mass is 16.5. The third kappa shape index (κ3) is 4.71. The van der Waals surface area contributed by atoms with Crippen molar-refractivity contribution in [2.45, 2.75) is 83.1 Å². The number of hydrogen-bond acceptors (Lipinski definition) is 5. The van der Waals surface area contributed by atoms with Crippen molar-refractivity contribution in [1.29, 1.82) is 0 Å². The second-order valence-corrected chi connectivity index (χ2v) is 8.55. The number of ether oxygens (including phenoxy) is 1. The SMILES string of the molecule is O=C(C1CCCCC1)N1CCCC1c1nc(CCOCC2CCCC2)no1. The van der Waals surface area contributed by atoms with Crippen molar-refractivity contribution in [2.75, 3.05) is 19.8 Å². The minimum atomic E-state index is -0.0277. The highest BCUT2D eigenvalue weighted by molar-refractivity contribution is 5.79. The number of carbonyl (C=O) groups is 1. The van der Waals surface area contributed by atoms with Gasteiger partial charge in [0.25, 0.3) is 0 Å². The van der Waals surface area contributed by atoms with Gasteiger partial charge in [-0.25, -0.2) is 0 Å². The summed E-state index contributed by atoms with van der Waals surface area (Å²) in [5.74, 6) is 2.56. The van der Waals surface area contributed by atoms with E-state index in [4.69, 9.17) is 9.26 Å². The van der Waals surface area contributed by atoms with Crippen LogP contribution in [0.3, 0.4) is 0 Å². The minimum absolute atomic E-state index is 0.0277. The first-order valence-electron chi connectivity index (χ1n) is 11.0. The van der Waals surface area contributed by atoms with Crippen molar-refractivity contribution in [3.05, 3.63) is 11.7 Å². The Morgan fingerprint density at radius 1 is 1.04 bits per heavy atom. The Balaban J connectivity index is 1.28. The molecule has 3 aliphatic rings. The van der Waals surface area contributed by atoms with Gasteiger partial charge in [-0.2, -0.15) is 4.98 Å². The van der Waals surface area contributed by atoms with Crippen molar-refractivity contribution in [1.82, 2.24) is 15.0 Å². The Bertz CT molecular complexity index is 606. The van der Waals surface area contributed by atoms with E-state index in [1.54, 1.807) is 0 Å². The first-order chi connectivity index (χ1) is 13.3. The molecular weight excluding hydrogens is 342 g/mol. The number of carbonyl (C=O) groups excluding carboxylic acids is 1. The molecule has 6 heteroatoms. The first kappa shape index (κ1) is 18.9. The van der Waals surface area contributed by atoms with Crippen molar-refractivity contribution < 1.29 is 14.1 Å². The summed E-state index contributed by atoms with van der Waals surface area (Å²) in [5, 5.41) is 4.13. The van der Waals surface area contributed by atoms with Crippen LogP contribution in [0.15, 0.2) is 4.52 Å². The number of nitrogens with zero attached hydrogens (tertiary/aromatic N) is 3. The fourth-order valence-corrected chi connectivity index (χ4v) is 4.97. The molecule has 1 aromatic rings. The van der Waals surface area contributed by atoms with Crippen LogP contribution in [-0.2, 0) is 16.0 Å². The molecule has 0 spiro atoms. The molecule has 3 fully saturated rings. The summed E-state index contributed by atoms with van der Waals surface area (Å²) < 4.78 is 11.3. The average Bonchev–Trinajstić information content (AvgIpc) is 3.46. The third-order valence-electron chi connectivity index (χ3n) is 6.56. The van der Waals surface area contributed by atoms with Gasteiger partial charge in [0.2, 0.25) is 11.8 Å². The lowest BCUT2D eigenvalue weighted by Gasteiger charge is -2.29. The topological polar surface area (TPSA) is 68.5 Å². The molecule has 1 unspecified atom stereocenters. The van der Waals surface area contributed by atoms with Gasteiger partial charge in [0.15, 0.2) is 5.82 Å². The molecule has 2 aliphatic carbocycles. The van der Waals surface area contributed by atoms with Crippen LogP contribution in [0.1, 0.15) is 88.4 Å². The predicted octanol–water partition coefficient (Wildman–Crippen LogP) is 4.06. The van der Waals surface area contributed by atoms with E-state index >= 15 is 0 Å². The van der Waals surface area contributed by atoms with Gasteiger partial charge < -0.3 is 14.2 Å². The summed E-state index contributed by atoms with van der Waals surface area (Å²) in [4.78, 5) is 19.5. The largest absolute Gasteiger partial charge is 0.381 e. The summed E-state index contributed by atoms with van der Waals surface area (Å²) in [6, 6.07) is -0.0277. The van der Waals surface area contributed by atoms with Crippen LogP contribution in [0, 0.1) is 11.8 Å². The standard InChI is InChI=1S/C21H33N3O3/c25-21(17-9-2-1-3-10-17)24-13-6-11-18(24)20-22-19(23-27-20)12-14-26-15-16-7-4-5-8-16/h16-18H,1-15H2. The van der Waals surface area contributed by atoms with Crippen LogP contribution in [0.5, 0.6) is 0 Å². The molecule has 6 nitrogen and oxygen atoms in total. The number of aromatic nitrogens is 2. The van der Waals surface area contributed by atoms with E-state index in [-0.39, 0.29) is 12.0 Å². The van der Waals surface area contributed by atoms with Crippen LogP contribution >= 0.6 is 0 Å². The summed E-state index contributed by atoms with van der Waals surface area (Å²) in [7, 11) is 0. The summed E-state index contributed by atoms with van der Waals surface area (Å²) in [6.07, 6.45) is 13.6. The molecule has 1 aromatic heterocycles. The van der Waals surface area contributed by atoms with Gasteiger partial charge in [0, 0.05) is 25.5 Å². The maximum Gasteiger partial charge on any atom is 0.249 e. The number of hydrogen-bond donors (Lipinski definition) is 0. The van der Waals surface area contributed by atoms with Crippen molar-refractivity contribution in [2.24, 2.45) is 11.8 Å².